The highest BCUT2D eigenvalue weighted by atomic mass is 16.5. The highest BCUT2D eigenvalue weighted by Gasteiger charge is 2.12. The summed E-state index contributed by atoms with van der Waals surface area (Å²) in [6, 6.07) is 12.7. The van der Waals surface area contributed by atoms with Crippen molar-refractivity contribution in [1.29, 1.82) is 0 Å². The van der Waals surface area contributed by atoms with Gasteiger partial charge in [0.2, 0.25) is 0 Å². The number of carboxylic acid groups (broad SMARTS) is 1. The van der Waals surface area contributed by atoms with Crippen molar-refractivity contribution in [3.05, 3.63) is 59.2 Å². The molecule has 2 aromatic carbocycles. The Morgan fingerprint density at radius 1 is 1.09 bits per heavy atom. The van der Waals surface area contributed by atoms with Crippen molar-refractivity contribution < 1.29 is 19.4 Å². The van der Waals surface area contributed by atoms with E-state index in [1.54, 1.807) is 44.6 Å². The predicted octanol–water partition coefficient (Wildman–Crippen LogP) is 3.64. The molecule has 2 aromatic rings. The second-order valence-electron chi connectivity index (χ2n) is 4.84. The molecule has 114 valence electrons. The van der Waals surface area contributed by atoms with Crippen LogP contribution in [0.1, 0.15) is 16.7 Å². The van der Waals surface area contributed by atoms with Crippen molar-refractivity contribution in [2.45, 2.75) is 6.92 Å². The summed E-state index contributed by atoms with van der Waals surface area (Å²) < 4.78 is 10.5. The Labute approximate surface area is 129 Å². The predicted molar refractivity (Wildman–Crippen MR) is 86.2 cm³/mol. The molecule has 22 heavy (non-hydrogen) atoms. The molecule has 0 aliphatic heterocycles. The van der Waals surface area contributed by atoms with Gasteiger partial charge >= 0.3 is 5.97 Å². The number of aliphatic carboxylic acids is 1. The molecule has 0 unspecified atom stereocenters. The van der Waals surface area contributed by atoms with E-state index in [-0.39, 0.29) is 5.57 Å². The van der Waals surface area contributed by atoms with Crippen molar-refractivity contribution >= 4 is 17.6 Å². The van der Waals surface area contributed by atoms with Gasteiger partial charge in [-0.15, -0.1) is 0 Å². The first-order valence-electron chi connectivity index (χ1n) is 6.79. The van der Waals surface area contributed by atoms with Crippen LogP contribution in [0, 0.1) is 6.92 Å². The van der Waals surface area contributed by atoms with E-state index in [1.165, 1.54) is 0 Å². The van der Waals surface area contributed by atoms with Gasteiger partial charge in [0.25, 0.3) is 0 Å². The van der Waals surface area contributed by atoms with Crippen LogP contribution in [0.2, 0.25) is 0 Å². The highest BCUT2D eigenvalue weighted by Crippen LogP contribution is 2.29. The average Bonchev–Trinajstić information content (AvgIpc) is 2.52. The van der Waals surface area contributed by atoms with E-state index in [1.807, 2.05) is 25.1 Å². The lowest BCUT2D eigenvalue weighted by molar-refractivity contribution is -0.130. The van der Waals surface area contributed by atoms with Gasteiger partial charge in [-0.3, -0.25) is 0 Å². The number of ether oxygens (including phenoxy) is 2. The van der Waals surface area contributed by atoms with Crippen LogP contribution in [-0.4, -0.2) is 25.3 Å². The number of methoxy groups -OCH3 is 2. The van der Waals surface area contributed by atoms with Gasteiger partial charge in [0.1, 0.15) is 11.5 Å². The molecule has 0 aromatic heterocycles. The van der Waals surface area contributed by atoms with Gasteiger partial charge in [0, 0.05) is 11.6 Å². The molecule has 0 atom stereocenters. The Bertz CT molecular complexity index is 717. The van der Waals surface area contributed by atoms with E-state index in [0.29, 0.717) is 22.6 Å². The zero-order valence-electron chi connectivity index (χ0n) is 12.8. The molecule has 4 nitrogen and oxygen atoms in total. The molecule has 2 rings (SSSR count). The Kier molecular flexibility index (Phi) is 4.84. The number of benzene rings is 2. The summed E-state index contributed by atoms with van der Waals surface area (Å²) >= 11 is 0. The first-order valence-corrected chi connectivity index (χ1v) is 6.79. The number of rotatable bonds is 5. The van der Waals surface area contributed by atoms with Gasteiger partial charge < -0.3 is 14.6 Å². The Morgan fingerprint density at radius 2 is 1.86 bits per heavy atom. The average molecular weight is 298 g/mol. The van der Waals surface area contributed by atoms with Crippen molar-refractivity contribution in [3.8, 4) is 11.5 Å². The van der Waals surface area contributed by atoms with Crippen LogP contribution >= 0.6 is 0 Å². The first kappa shape index (κ1) is 15.6. The normalized spacial score (nSPS) is 11.1. The van der Waals surface area contributed by atoms with Crippen LogP contribution in [0.25, 0.3) is 11.6 Å². The fourth-order valence-corrected chi connectivity index (χ4v) is 2.17. The summed E-state index contributed by atoms with van der Waals surface area (Å²) in [5, 5.41) is 9.51. The summed E-state index contributed by atoms with van der Waals surface area (Å²) in [5.41, 5.74) is 2.56. The smallest absolute Gasteiger partial charge is 0.336 e. The summed E-state index contributed by atoms with van der Waals surface area (Å²) in [4.78, 5) is 11.6. The number of hydrogen-bond acceptors (Lipinski definition) is 3. The third-order valence-electron chi connectivity index (χ3n) is 3.30. The molecule has 0 bridgehead atoms. The lowest BCUT2D eigenvalue weighted by Crippen LogP contribution is -2.00. The molecule has 0 spiro atoms. The largest absolute Gasteiger partial charge is 0.497 e. The topological polar surface area (TPSA) is 55.8 Å². The van der Waals surface area contributed by atoms with Gasteiger partial charge in [0.15, 0.2) is 0 Å². The third-order valence-corrected chi connectivity index (χ3v) is 3.30. The second kappa shape index (κ2) is 6.80. The number of hydrogen-bond donors (Lipinski definition) is 1. The van der Waals surface area contributed by atoms with Gasteiger partial charge in [0.05, 0.1) is 19.8 Å². The molecule has 0 amide bonds. The van der Waals surface area contributed by atoms with Crippen molar-refractivity contribution in [3.63, 3.8) is 0 Å². The van der Waals surface area contributed by atoms with Crippen molar-refractivity contribution in [1.82, 2.24) is 0 Å². The molecule has 0 aliphatic carbocycles. The molecule has 1 N–H and O–H groups in total. The van der Waals surface area contributed by atoms with Gasteiger partial charge in [-0.1, -0.05) is 29.8 Å². The minimum Gasteiger partial charge on any atom is -0.497 e. The van der Waals surface area contributed by atoms with E-state index in [4.69, 9.17) is 9.47 Å². The molecule has 0 saturated heterocycles. The van der Waals surface area contributed by atoms with Gasteiger partial charge in [-0.25, -0.2) is 4.79 Å². The maximum atomic E-state index is 11.6. The highest BCUT2D eigenvalue weighted by molar-refractivity contribution is 6.20. The van der Waals surface area contributed by atoms with Crippen molar-refractivity contribution in [2.75, 3.05) is 14.2 Å². The molecule has 0 radical (unpaired) electrons. The zero-order chi connectivity index (χ0) is 16.1. The fourth-order valence-electron chi connectivity index (χ4n) is 2.17. The molecular formula is C18H18O4. The van der Waals surface area contributed by atoms with Crippen molar-refractivity contribution in [2.24, 2.45) is 0 Å². The van der Waals surface area contributed by atoms with Crippen LogP contribution in [0.5, 0.6) is 11.5 Å². The summed E-state index contributed by atoms with van der Waals surface area (Å²) in [6.07, 6.45) is 1.61. The molecule has 0 heterocycles. The Balaban J connectivity index is 2.54. The second-order valence-corrected chi connectivity index (χ2v) is 4.84. The van der Waals surface area contributed by atoms with Crippen LogP contribution in [0.4, 0.5) is 0 Å². The standard InChI is InChI=1S/C18H18O4/c1-12-5-4-6-13(9-12)16(18(19)20)10-14-7-8-15(21-2)11-17(14)22-3/h4-11H,1-3H3,(H,19,20)/b16-10+. The van der Waals surface area contributed by atoms with E-state index in [0.717, 1.165) is 5.56 Å². The van der Waals surface area contributed by atoms with Crippen LogP contribution < -0.4 is 9.47 Å². The molecular weight excluding hydrogens is 280 g/mol. The minimum atomic E-state index is -0.983. The maximum Gasteiger partial charge on any atom is 0.336 e. The van der Waals surface area contributed by atoms with Crippen LogP contribution in [-0.2, 0) is 4.79 Å². The van der Waals surface area contributed by atoms with E-state index < -0.39 is 5.97 Å². The van der Waals surface area contributed by atoms with E-state index in [2.05, 4.69) is 0 Å². The van der Waals surface area contributed by atoms with E-state index >= 15 is 0 Å². The lowest BCUT2D eigenvalue weighted by atomic mass is 10.0. The SMILES string of the molecule is COc1ccc(/C=C(/C(=O)O)c2cccc(C)c2)c(OC)c1. The van der Waals surface area contributed by atoms with Crippen LogP contribution in [0.3, 0.4) is 0 Å². The van der Waals surface area contributed by atoms with Gasteiger partial charge in [-0.2, -0.15) is 0 Å². The molecule has 4 heteroatoms. The van der Waals surface area contributed by atoms with Gasteiger partial charge in [-0.05, 0) is 30.7 Å². The number of carbonyl (C=O) groups is 1. The number of aryl methyl sites for hydroxylation is 1. The summed E-state index contributed by atoms with van der Waals surface area (Å²) in [5.74, 6) is 0.232. The first-order chi connectivity index (χ1) is 10.5. The van der Waals surface area contributed by atoms with E-state index in [9.17, 15) is 9.90 Å². The summed E-state index contributed by atoms with van der Waals surface area (Å²) in [6.45, 7) is 1.93. The zero-order valence-corrected chi connectivity index (χ0v) is 12.8. The minimum absolute atomic E-state index is 0.215. The third kappa shape index (κ3) is 3.47. The fraction of sp³-hybridized carbons (Fsp3) is 0.167. The molecule has 0 saturated carbocycles. The Morgan fingerprint density at radius 3 is 2.45 bits per heavy atom. The number of carboxylic acids is 1. The summed E-state index contributed by atoms with van der Waals surface area (Å²) in [7, 11) is 3.11. The molecule has 0 fully saturated rings. The lowest BCUT2D eigenvalue weighted by Gasteiger charge is -2.09. The molecule has 0 aliphatic rings. The monoisotopic (exact) mass is 298 g/mol. The Hall–Kier alpha value is -2.75. The maximum absolute atomic E-state index is 11.6. The quantitative estimate of drug-likeness (QED) is 0.676. The van der Waals surface area contributed by atoms with Crippen LogP contribution in [0.15, 0.2) is 42.5 Å².